The topological polar surface area (TPSA) is 86.2 Å². The van der Waals surface area contributed by atoms with Crippen LogP contribution < -0.4 is 19.6 Å². The van der Waals surface area contributed by atoms with Crippen molar-refractivity contribution < 1.29 is 28.2 Å². The largest absolute Gasteiger partial charge is 0.490 e. The fourth-order valence-corrected chi connectivity index (χ4v) is 2.58. The third-order valence-corrected chi connectivity index (χ3v) is 4.07. The maximum atomic E-state index is 12.9. The summed E-state index contributed by atoms with van der Waals surface area (Å²) in [4.78, 5) is 24.1. The normalized spacial score (nSPS) is 10.6. The van der Waals surface area contributed by atoms with Crippen molar-refractivity contribution in [3.8, 4) is 17.2 Å². The lowest BCUT2D eigenvalue weighted by Gasteiger charge is -2.11. The van der Waals surface area contributed by atoms with E-state index in [9.17, 15) is 14.0 Å². The van der Waals surface area contributed by atoms with Crippen molar-refractivity contribution >= 4 is 18.1 Å². The van der Waals surface area contributed by atoms with E-state index in [1.54, 1.807) is 42.5 Å². The van der Waals surface area contributed by atoms with Gasteiger partial charge in [0.25, 0.3) is 5.91 Å². The summed E-state index contributed by atoms with van der Waals surface area (Å²) in [5.41, 5.74) is 3.38. The van der Waals surface area contributed by atoms with Crippen LogP contribution in [0.4, 0.5) is 4.39 Å². The lowest BCUT2D eigenvalue weighted by atomic mass is 10.2. The zero-order valence-corrected chi connectivity index (χ0v) is 17.3. The Morgan fingerprint density at radius 1 is 0.969 bits per heavy atom. The highest BCUT2D eigenvalue weighted by Crippen LogP contribution is 2.29. The first-order valence-electron chi connectivity index (χ1n) is 9.79. The van der Waals surface area contributed by atoms with Crippen molar-refractivity contribution in [1.82, 2.24) is 5.43 Å². The van der Waals surface area contributed by atoms with E-state index < -0.39 is 17.7 Å². The van der Waals surface area contributed by atoms with E-state index in [2.05, 4.69) is 10.5 Å². The van der Waals surface area contributed by atoms with Crippen molar-refractivity contribution in [2.24, 2.45) is 5.10 Å². The first-order chi connectivity index (χ1) is 15.5. The Morgan fingerprint density at radius 3 is 2.44 bits per heavy atom. The van der Waals surface area contributed by atoms with Crippen molar-refractivity contribution in [3.05, 3.63) is 89.7 Å². The van der Waals surface area contributed by atoms with Crippen LogP contribution in [0.3, 0.4) is 0 Å². The fourth-order valence-electron chi connectivity index (χ4n) is 2.58. The summed E-state index contributed by atoms with van der Waals surface area (Å²) in [6.45, 7) is 1.90. The fraction of sp³-hybridized carbons (Fsp3) is 0.125. The Bertz CT molecular complexity index is 1090. The summed E-state index contributed by atoms with van der Waals surface area (Å²) in [5.74, 6) is -0.363. The summed E-state index contributed by atoms with van der Waals surface area (Å²) in [7, 11) is 0. The number of esters is 1. The summed E-state index contributed by atoms with van der Waals surface area (Å²) >= 11 is 0. The number of nitrogens with one attached hydrogen (secondary N) is 1. The SMILES string of the molecule is CCOc1cc(C=NNC(=O)COc2ccc(F)cc2)ccc1OC(=O)c1ccccc1. The molecule has 3 rings (SSSR count). The average molecular weight is 436 g/mol. The van der Waals surface area contributed by atoms with Crippen molar-refractivity contribution in [2.45, 2.75) is 6.92 Å². The number of hydrogen-bond acceptors (Lipinski definition) is 6. The third kappa shape index (κ3) is 6.66. The van der Waals surface area contributed by atoms with Gasteiger partial charge in [0, 0.05) is 0 Å². The zero-order chi connectivity index (χ0) is 22.8. The highest BCUT2D eigenvalue weighted by Gasteiger charge is 2.13. The minimum atomic E-state index is -0.499. The molecule has 3 aromatic rings. The number of nitrogens with zero attached hydrogens (tertiary/aromatic N) is 1. The minimum Gasteiger partial charge on any atom is -0.490 e. The summed E-state index contributed by atoms with van der Waals surface area (Å²) in [6.07, 6.45) is 1.42. The first kappa shape index (κ1) is 22.5. The second-order valence-electron chi connectivity index (χ2n) is 6.43. The van der Waals surface area contributed by atoms with E-state index in [4.69, 9.17) is 14.2 Å². The van der Waals surface area contributed by atoms with E-state index in [1.165, 1.54) is 30.5 Å². The van der Waals surface area contributed by atoms with Gasteiger partial charge in [-0.1, -0.05) is 18.2 Å². The molecule has 0 aromatic heterocycles. The number of hydrogen-bond donors (Lipinski definition) is 1. The Labute approximate surface area is 184 Å². The molecular weight excluding hydrogens is 415 g/mol. The average Bonchev–Trinajstić information content (AvgIpc) is 2.81. The molecule has 3 aromatic carbocycles. The van der Waals surface area contributed by atoms with E-state index >= 15 is 0 Å². The van der Waals surface area contributed by atoms with Gasteiger partial charge < -0.3 is 14.2 Å². The molecule has 0 unspecified atom stereocenters. The highest BCUT2D eigenvalue weighted by molar-refractivity contribution is 5.91. The van der Waals surface area contributed by atoms with Crippen LogP contribution >= 0.6 is 0 Å². The second-order valence-corrected chi connectivity index (χ2v) is 6.43. The lowest BCUT2D eigenvalue weighted by Crippen LogP contribution is -2.24. The van der Waals surface area contributed by atoms with E-state index in [0.29, 0.717) is 29.2 Å². The Hall–Kier alpha value is -4.20. The highest BCUT2D eigenvalue weighted by atomic mass is 19.1. The molecule has 8 heteroatoms. The molecule has 0 fully saturated rings. The Balaban J connectivity index is 1.58. The Morgan fingerprint density at radius 2 is 1.72 bits per heavy atom. The molecule has 1 amide bonds. The van der Waals surface area contributed by atoms with Gasteiger partial charge in [0.2, 0.25) is 0 Å². The maximum absolute atomic E-state index is 12.9. The minimum absolute atomic E-state index is 0.273. The molecule has 7 nitrogen and oxygen atoms in total. The monoisotopic (exact) mass is 436 g/mol. The second kappa shape index (κ2) is 11.3. The number of carbonyl (C=O) groups is 2. The van der Waals surface area contributed by atoms with Gasteiger partial charge in [-0.15, -0.1) is 0 Å². The summed E-state index contributed by atoms with van der Waals surface area (Å²) < 4.78 is 29.1. The molecule has 0 atom stereocenters. The molecule has 0 heterocycles. The van der Waals surface area contributed by atoms with E-state index in [1.807, 2.05) is 13.0 Å². The molecule has 164 valence electrons. The molecule has 0 radical (unpaired) electrons. The number of benzene rings is 3. The molecular formula is C24H21FN2O5. The van der Waals surface area contributed by atoms with Gasteiger partial charge in [0.15, 0.2) is 18.1 Å². The van der Waals surface area contributed by atoms with Crippen LogP contribution in [0.25, 0.3) is 0 Å². The molecule has 0 spiro atoms. The number of amides is 1. The molecule has 1 N–H and O–H groups in total. The first-order valence-corrected chi connectivity index (χ1v) is 9.79. The molecule has 0 aliphatic heterocycles. The quantitative estimate of drug-likeness (QED) is 0.237. The number of rotatable bonds is 9. The predicted molar refractivity (Wildman–Crippen MR) is 117 cm³/mol. The van der Waals surface area contributed by atoms with Gasteiger partial charge in [-0.05, 0) is 67.1 Å². The van der Waals surface area contributed by atoms with Crippen LogP contribution in [0, 0.1) is 5.82 Å². The van der Waals surface area contributed by atoms with Crippen LogP contribution in [0.5, 0.6) is 17.2 Å². The third-order valence-electron chi connectivity index (χ3n) is 4.07. The maximum Gasteiger partial charge on any atom is 0.343 e. The van der Waals surface area contributed by atoms with Gasteiger partial charge in [0.05, 0.1) is 18.4 Å². The predicted octanol–water partition coefficient (Wildman–Crippen LogP) is 3.97. The molecule has 32 heavy (non-hydrogen) atoms. The molecule has 0 aliphatic carbocycles. The molecule has 0 aliphatic rings. The van der Waals surface area contributed by atoms with Crippen LogP contribution in [0.2, 0.25) is 0 Å². The van der Waals surface area contributed by atoms with Crippen molar-refractivity contribution in [2.75, 3.05) is 13.2 Å². The number of ether oxygens (including phenoxy) is 3. The van der Waals surface area contributed by atoms with Crippen LogP contribution in [-0.2, 0) is 4.79 Å². The summed E-state index contributed by atoms with van der Waals surface area (Å²) in [6, 6.07) is 18.8. The van der Waals surface area contributed by atoms with Gasteiger partial charge in [-0.3, -0.25) is 4.79 Å². The molecule has 0 saturated heterocycles. The van der Waals surface area contributed by atoms with Gasteiger partial charge in [0.1, 0.15) is 11.6 Å². The summed E-state index contributed by atoms with van der Waals surface area (Å²) in [5, 5.41) is 3.88. The zero-order valence-electron chi connectivity index (χ0n) is 17.3. The van der Waals surface area contributed by atoms with Gasteiger partial charge in [-0.2, -0.15) is 5.10 Å². The van der Waals surface area contributed by atoms with E-state index in [-0.39, 0.29) is 12.4 Å². The number of carbonyl (C=O) groups excluding carboxylic acids is 2. The molecule has 0 bridgehead atoms. The standard InChI is InChI=1S/C24H21FN2O5/c1-2-30-22-14-17(8-13-21(22)32-24(29)18-6-4-3-5-7-18)15-26-27-23(28)16-31-20-11-9-19(25)10-12-20/h3-15H,2,16H2,1H3,(H,27,28). The van der Waals surface area contributed by atoms with Gasteiger partial charge in [-0.25, -0.2) is 14.6 Å². The Kier molecular flexibility index (Phi) is 7.91. The van der Waals surface area contributed by atoms with Crippen LogP contribution in [-0.4, -0.2) is 31.3 Å². The lowest BCUT2D eigenvalue weighted by molar-refractivity contribution is -0.123. The smallest absolute Gasteiger partial charge is 0.343 e. The van der Waals surface area contributed by atoms with E-state index in [0.717, 1.165) is 0 Å². The number of halogens is 1. The van der Waals surface area contributed by atoms with Crippen molar-refractivity contribution in [3.63, 3.8) is 0 Å². The molecule has 0 saturated carbocycles. The van der Waals surface area contributed by atoms with Crippen LogP contribution in [0.15, 0.2) is 77.9 Å². The van der Waals surface area contributed by atoms with Gasteiger partial charge >= 0.3 is 5.97 Å². The number of hydrazone groups is 1. The van der Waals surface area contributed by atoms with Crippen molar-refractivity contribution in [1.29, 1.82) is 0 Å². The van der Waals surface area contributed by atoms with Crippen LogP contribution in [0.1, 0.15) is 22.8 Å².